The van der Waals surface area contributed by atoms with E-state index in [0.717, 1.165) is 18.2 Å². The highest BCUT2D eigenvalue weighted by molar-refractivity contribution is 7.89. The van der Waals surface area contributed by atoms with Crippen LogP contribution >= 0.6 is 0 Å². The maximum absolute atomic E-state index is 12.7. The summed E-state index contributed by atoms with van der Waals surface area (Å²) in [6, 6.07) is 15.3. The summed E-state index contributed by atoms with van der Waals surface area (Å²) in [5, 5.41) is 3.63. The molecule has 8 heteroatoms. The second kappa shape index (κ2) is 7.21. The summed E-state index contributed by atoms with van der Waals surface area (Å²) in [6.07, 6.45) is 1.68. The molecule has 0 unspecified atom stereocenters. The summed E-state index contributed by atoms with van der Waals surface area (Å²) in [4.78, 5) is 17.1. The standard InChI is InChI=1S/C20H19N3O4S/c1-27-19-11-9-15(28(25,26)23-14-7-8-14)12-18(19)22-20(24)17-10-6-13-4-2-3-5-16(13)21-17/h2-6,9-12,14,23H,7-8H2,1H3,(H,22,24). The average Bonchev–Trinajstić information content (AvgIpc) is 3.50. The van der Waals surface area contributed by atoms with E-state index in [4.69, 9.17) is 4.74 Å². The van der Waals surface area contributed by atoms with E-state index in [0.29, 0.717) is 11.3 Å². The van der Waals surface area contributed by atoms with Gasteiger partial charge in [-0.15, -0.1) is 0 Å². The quantitative estimate of drug-likeness (QED) is 0.667. The number of carbonyl (C=O) groups excluding carboxylic acids is 1. The van der Waals surface area contributed by atoms with E-state index >= 15 is 0 Å². The van der Waals surface area contributed by atoms with Crippen molar-refractivity contribution in [2.45, 2.75) is 23.8 Å². The first-order valence-corrected chi connectivity index (χ1v) is 10.3. The van der Waals surface area contributed by atoms with E-state index in [1.54, 1.807) is 6.07 Å². The van der Waals surface area contributed by atoms with Crippen LogP contribution in [0.1, 0.15) is 23.3 Å². The minimum Gasteiger partial charge on any atom is -0.495 e. The number of nitrogens with zero attached hydrogens (tertiary/aromatic N) is 1. The number of ether oxygens (including phenoxy) is 1. The minimum absolute atomic E-state index is 0.00746. The lowest BCUT2D eigenvalue weighted by atomic mass is 10.2. The van der Waals surface area contributed by atoms with Gasteiger partial charge in [-0.1, -0.05) is 24.3 Å². The Morgan fingerprint density at radius 3 is 2.64 bits per heavy atom. The highest BCUT2D eigenvalue weighted by Crippen LogP contribution is 2.29. The van der Waals surface area contributed by atoms with E-state index in [1.807, 2.05) is 30.3 Å². The van der Waals surface area contributed by atoms with Gasteiger partial charge < -0.3 is 10.1 Å². The van der Waals surface area contributed by atoms with Gasteiger partial charge in [-0.25, -0.2) is 18.1 Å². The van der Waals surface area contributed by atoms with Crippen LogP contribution in [0.15, 0.2) is 59.5 Å². The Hall–Kier alpha value is -2.97. The van der Waals surface area contributed by atoms with Gasteiger partial charge in [0.25, 0.3) is 5.91 Å². The van der Waals surface area contributed by atoms with Gasteiger partial charge in [-0.3, -0.25) is 4.79 Å². The second-order valence-electron chi connectivity index (χ2n) is 6.60. The largest absolute Gasteiger partial charge is 0.495 e. The van der Waals surface area contributed by atoms with Crippen molar-refractivity contribution in [2.24, 2.45) is 0 Å². The van der Waals surface area contributed by atoms with Gasteiger partial charge in [0.2, 0.25) is 10.0 Å². The first-order valence-electron chi connectivity index (χ1n) is 8.84. The number of aromatic nitrogens is 1. The van der Waals surface area contributed by atoms with Crippen molar-refractivity contribution < 1.29 is 17.9 Å². The molecule has 0 aliphatic heterocycles. The summed E-state index contributed by atoms with van der Waals surface area (Å²) in [5.74, 6) is -0.0896. The molecule has 0 radical (unpaired) electrons. The Kier molecular flexibility index (Phi) is 4.74. The molecule has 1 amide bonds. The molecule has 0 saturated heterocycles. The van der Waals surface area contributed by atoms with Gasteiger partial charge in [0.15, 0.2) is 0 Å². The molecular weight excluding hydrogens is 378 g/mol. The lowest BCUT2D eigenvalue weighted by Crippen LogP contribution is -2.26. The van der Waals surface area contributed by atoms with E-state index < -0.39 is 15.9 Å². The van der Waals surface area contributed by atoms with Gasteiger partial charge >= 0.3 is 0 Å². The van der Waals surface area contributed by atoms with Crippen LogP contribution in [-0.4, -0.2) is 32.5 Å². The molecule has 4 rings (SSSR count). The molecule has 1 aliphatic rings. The lowest BCUT2D eigenvalue weighted by molar-refractivity contribution is 0.102. The molecule has 1 aromatic heterocycles. The number of amides is 1. The SMILES string of the molecule is COc1ccc(S(=O)(=O)NC2CC2)cc1NC(=O)c1ccc2ccccc2n1. The molecule has 3 aromatic rings. The average molecular weight is 397 g/mol. The molecule has 28 heavy (non-hydrogen) atoms. The fraction of sp³-hybridized carbons (Fsp3) is 0.200. The van der Waals surface area contributed by atoms with Gasteiger partial charge in [0.05, 0.1) is 23.2 Å². The molecule has 144 valence electrons. The molecule has 1 saturated carbocycles. The Labute approximate surface area is 162 Å². The van der Waals surface area contributed by atoms with Crippen molar-refractivity contribution in [1.82, 2.24) is 9.71 Å². The Balaban J connectivity index is 1.63. The van der Waals surface area contributed by atoms with Crippen LogP contribution in [0.3, 0.4) is 0 Å². The first-order chi connectivity index (χ1) is 13.5. The summed E-state index contributed by atoms with van der Waals surface area (Å²) in [7, 11) is -2.19. The van der Waals surface area contributed by atoms with Crippen LogP contribution in [-0.2, 0) is 10.0 Å². The van der Waals surface area contributed by atoms with Crippen molar-refractivity contribution in [3.05, 3.63) is 60.3 Å². The van der Waals surface area contributed by atoms with E-state index in [2.05, 4.69) is 15.0 Å². The fourth-order valence-corrected chi connectivity index (χ4v) is 4.15. The van der Waals surface area contributed by atoms with E-state index in [-0.39, 0.29) is 22.3 Å². The Morgan fingerprint density at radius 1 is 1.11 bits per heavy atom. The maximum atomic E-state index is 12.7. The Morgan fingerprint density at radius 2 is 1.89 bits per heavy atom. The predicted octanol–water partition coefficient (Wildman–Crippen LogP) is 2.94. The number of fused-ring (bicyclic) bond motifs is 1. The lowest BCUT2D eigenvalue weighted by Gasteiger charge is -2.13. The third kappa shape index (κ3) is 3.83. The minimum atomic E-state index is -3.65. The van der Waals surface area contributed by atoms with Gasteiger partial charge in [-0.05, 0) is 43.2 Å². The summed E-state index contributed by atoms with van der Waals surface area (Å²) in [5.41, 5.74) is 1.19. The number of benzene rings is 2. The van der Waals surface area contributed by atoms with Crippen LogP contribution in [0.5, 0.6) is 5.75 Å². The number of nitrogens with one attached hydrogen (secondary N) is 2. The normalized spacial score (nSPS) is 14.0. The number of anilines is 1. The number of rotatable bonds is 6. The van der Waals surface area contributed by atoms with Crippen LogP contribution in [0.4, 0.5) is 5.69 Å². The smallest absolute Gasteiger partial charge is 0.274 e. The number of methoxy groups -OCH3 is 1. The number of pyridine rings is 1. The van der Waals surface area contributed by atoms with Crippen molar-refractivity contribution in [3.63, 3.8) is 0 Å². The summed E-state index contributed by atoms with van der Waals surface area (Å²) >= 11 is 0. The molecule has 0 atom stereocenters. The van der Waals surface area contributed by atoms with Crippen LogP contribution < -0.4 is 14.8 Å². The highest BCUT2D eigenvalue weighted by Gasteiger charge is 2.28. The third-order valence-electron chi connectivity index (χ3n) is 4.46. The molecule has 2 aromatic carbocycles. The van der Waals surface area contributed by atoms with Crippen LogP contribution in [0.2, 0.25) is 0 Å². The monoisotopic (exact) mass is 397 g/mol. The molecule has 2 N–H and O–H groups in total. The zero-order chi connectivity index (χ0) is 19.7. The Bertz CT molecular complexity index is 1160. The van der Waals surface area contributed by atoms with E-state index in [1.165, 1.54) is 25.3 Å². The fourth-order valence-electron chi connectivity index (χ4n) is 2.82. The van der Waals surface area contributed by atoms with Gasteiger partial charge in [0, 0.05) is 11.4 Å². The second-order valence-corrected chi connectivity index (χ2v) is 8.31. The zero-order valence-corrected chi connectivity index (χ0v) is 16.0. The molecule has 7 nitrogen and oxygen atoms in total. The highest BCUT2D eigenvalue weighted by atomic mass is 32.2. The summed E-state index contributed by atoms with van der Waals surface area (Å²) in [6.45, 7) is 0. The topological polar surface area (TPSA) is 97.4 Å². The van der Waals surface area contributed by atoms with Crippen molar-refractivity contribution >= 4 is 32.5 Å². The van der Waals surface area contributed by atoms with Gasteiger partial charge in [-0.2, -0.15) is 0 Å². The number of sulfonamides is 1. The van der Waals surface area contributed by atoms with E-state index in [9.17, 15) is 13.2 Å². The number of carbonyl (C=O) groups is 1. The number of para-hydroxylation sites is 1. The molecule has 0 bridgehead atoms. The van der Waals surface area contributed by atoms with Crippen molar-refractivity contribution in [2.75, 3.05) is 12.4 Å². The molecule has 1 aliphatic carbocycles. The number of hydrogen-bond donors (Lipinski definition) is 2. The maximum Gasteiger partial charge on any atom is 0.274 e. The number of hydrogen-bond acceptors (Lipinski definition) is 5. The first kappa shape index (κ1) is 18.4. The third-order valence-corrected chi connectivity index (χ3v) is 5.98. The van der Waals surface area contributed by atoms with Crippen LogP contribution in [0.25, 0.3) is 10.9 Å². The zero-order valence-electron chi connectivity index (χ0n) is 15.2. The molecular formula is C20H19N3O4S. The van der Waals surface area contributed by atoms with Crippen LogP contribution in [0, 0.1) is 0 Å². The van der Waals surface area contributed by atoms with Crippen molar-refractivity contribution in [3.8, 4) is 5.75 Å². The molecule has 1 heterocycles. The molecule has 0 spiro atoms. The summed E-state index contributed by atoms with van der Waals surface area (Å²) < 4.78 is 32.8. The van der Waals surface area contributed by atoms with Crippen molar-refractivity contribution in [1.29, 1.82) is 0 Å². The van der Waals surface area contributed by atoms with Gasteiger partial charge in [0.1, 0.15) is 11.4 Å². The predicted molar refractivity (Wildman–Crippen MR) is 106 cm³/mol. The molecule has 1 fully saturated rings.